The van der Waals surface area contributed by atoms with Crippen molar-refractivity contribution in [2.75, 3.05) is 18.5 Å². The molecule has 0 aliphatic heterocycles. The molecule has 1 aromatic heterocycles. The first-order valence-electron chi connectivity index (χ1n) is 8.46. The molecule has 0 atom stereocenters. The van der Waals surface area contributed by atoms with Gasteiger partial charge in [0.15, 0.2) is 18.2 Å². The van der Waals surface area contributed by atoms with E-state index in [0.717, 1.165) is 17.5 Å². The number of esters is 1. The molecule has 148 valence electrons. The first-order valence-corrected chi connectivity index (χ1v) is 8.46. The Bertz CT molecular complexity index is 1080. The predicted molar refractivity (Wildman–Crippen MR) is 100 cm³/mol. The number of nitrogens with zero attached hydrogens (tertiary/aromatic N) is 1. The lowest BCUT2D eigenvalue weighted by atomic mass is 10.1. The van der Waals surface area contributed by atoms with Gasteiger partial charge in [-0.25, -0.2) is 13.6 Å². The number of nitrogens with one attached hydrogen (secondary N) is 2. The molecule has 0 saturated carbocycles. The fraction of sp³-hybridized carbons (Fsp3) is 0.100. The molecule has 1 heterocycles. The number of anilines is 1. The molecule has 0 bridgehead atoms. The van der Waals surface area contributed by atoms with Gasteiger partial charge in [-0.05, 0) is 24.3 Å². The summed E-state index contributed by atoms with van der Waals surface area (Å²) in [5.41, 5.74) is 0.705. The molecule has 3 rings (SSSR count). The van der Waals surface area contributed by atoms with Crippen LogP contribution >= 0.6 is 0 Å². The minimum Gasteiger partial charge on any atom is -0.452 e. The summed E-state index contributed by atoms with van der Waals surface area (Å²) >= 11 is 0. The van der Waals surface area contributed by atoms with E-state index in [1.54, 1.807) is 24.3 Å². The quantitative estimate of drug-likeness (QED) is 0.621. The number of halogens is 2. The first kappa shape index (κ1) is 19.9. The highest BCUT2D eigenvalue weighted by atomic mass is 19.2. The number of para-hydroxylation sites is 1. The monoisotopic (exact) mass is 399 g/mol. The summed E-state index contributed by atoms with van der Waals surface area (Å²) in [7, 11) is 0. The molecular formula is C20H15F2N3O4. The molecule has 0 fully saturated rings. The maximum absolute atomic E-state index is 13.1. The minimum atomic E-state index is -1.11. The van der Waals surface area contributed by atoms with Crippen LogP contribution in [0.4, 0.5) is 14.5 Å². The zero-order chi connectivity index (χ0) is 20.8. The van der Waals surface area contributed by atoms with Gasteiger partial charge in [0.1, 0.15) is 0 Å². The van der Waals surface area contributed by atoms with E-state index in [1.165, 1.54) is 18.3 Å². The Morgan fingerprint density at radius 1 is 0.966 bits per heavy atom. The van der Waals surface area contributed by atoms with Crippen LogP contribution in [0.2, 0.25) is 0 Å². The van der Waals surface area contributed by atoms with Gasteiger partial charge in [-0.1, -0.05) is 18.2 Å². The fourth-order valence-electron chi connectivity index (χ4n) is 2.49. The molecule has 7 nitrogen and oxygen atoms in total. The number of aromatic nitrogens is 1. The highest BCUT2D eigenvalue weighted by Crippen LogP contribution is 2.16. The average molecular weight is 399 g/mol. The third-order valence-electron chi connectivity index (χ3n) is 3.84. The van der Waals surface area contributed by atoms with Crippen molar-refractivity contribution in [3.05, 3.63) is 71.9 Å². The van der Waals surface area contributed by atoms with Gasteiger partial charge in [0.05, 0.1) is 17.6 Å². The average Bonchev–Trinajstić information content (AvgIpc) is 2.72. The first-order chi connectivity index (χ1) is 13.9. The van der Waals surface area contributed by atoms with Crippen molar-refractivity contribution < 1.29 is 27.9 Å². The summed E-state index contributed by atoms with van der Waals surface area (Å²) in [5.74, 6) is -4.24. The van der Waals surface area contributed by atoms with Crippen LogP contribution < -0.4 is 10.6 Å². The van der Waals surface area contributed by atoms with E-state index in [2.05, 4.69) is 15.6 Å². The number of ether oxygens (including phenoxy) is 1. The lowest BCUT2D eigenvalue weighted by Crippen LogP contribution is -2.35. The number of fused-ring (bicyclic) bond motifs is 1. The number of hydrogen-bond donors (Lipinski definition) is 2. The van der Waals surface area contributed by atoms with Gasteiger partial charge in [0.2, 0.25) is 5.91 Å². The summed E-state index contributed by atoms with van der Waals surface area (Å²) in [4.78, 5) is 39.9. The second kappa shape index (κ2) is 8.87. The highest BCUT2D eigenvalue weighted by molar-refractivity contribution is 6.03. The summed E-state index contributed by atoms with van der Waals surface area (Å²) < 4.78 is 30.9. The molecule has 0 aliphatic rings. The van der Waals surface area contributed by atoms with Crippen LogP contribution in [0.15, 0.2) is 54.7 Å². The van der Waals surface area contributed by atoms with Crippen molar-refractivity contribution in [3.8, 4) is 0 Å². The van der Waals surface area contributed by atoms with Gasteiger partial charge >= 0.3 is 5.97 Å². The summed E-state index contributed by atoms with van der Waals surface area (Å²) in [6, 6.07) is 11.4. The van der Waals surface area contributed by atoms with Gasteiger partial charge in [0, 0.05) is 23.3 Å². The number of carbonyl (C=O) groups excluding carboxylic acids is 3. The fourth-order valence-corrected chi connectivity index (χ4v) is 2.49. The van der Waals surface area contributed by atoms with Crippen molar-refractivity contribution in [1.82, 2.24) is 10.3 Å². The van der Waals surface area contributed by atoms with E-state index < -0.39 is 42.6 Å². The zero-order valence-electron chi connectivity index (χ0n) is 14.9. The predicted octanol–water partition coefficient (Wildman–Crippen LogP) is 2.42. The Hall–Kier alpha value is -3.88. The van der Waals surface area contributed by atoms with E-state index in [4.69, 9.17) is 4.74 Å². The Balaban J connectivity index is 1.48. The molecule has 29 heavy (non-hydrogen) atoms. The van der Waals surface area contributed by atoms with Gasteiger partial charge < -0.3 is 15.4 Å². The number of rotatable bonds is 6. The lowest BCUT2D eigenvalue weighted by Gasteiger charge is -2.09. The summed E-state index contributed by atoms with van der Waals surface area (Å²) in [5, 5.41) is 5.31. The minimum absolute atomic E-state index is 0.0398. The smallest absolute Gasteiger partial charge is 0.340 e. The normalized spacial score (nSPS) is 10.4. The molecule has 0 saturated heterocycles. The topological polar surface area (TPSA) is 97.4 Å². The Morgan fingerprint density at radius 2 is 1.76 bits per heavy atom. The van der Waals surface area contributed by atoms with Crippen molar-refractivity contribution in [2.45, 2.75) is 0 Å². The second-order valence-electron chi connectivity index (χ2n) is 5.91. The standard InChI is InChI=1S/C20H15F2N3O4/c21-15-7-6-13(9-16(15)22)25-17(26)10-24-18(27)11-29-20(28)14-5-1-3-12-4-2-8-23-19(12)14/h1-9H,10-11H2,(H,24,27)(H,25,26). The van der Waals surface area contributed by atoms with Crippen molar-refractivity contribution in [3.63, 3.8) is 0 Å². The van der Waals surface area contributed by atoms with Crippen molar-refractivity contribution >= 4 is 34.4 Å². The third-order valence-corrected chi connectivity index (χ3v) is 3.84. The van der Waals surface area contributed by atoms with Crippen LogP contribution in [0.3, 0.4) is 0 Å². The molecule has 2 N–H and O–H groups in total. The van der Waals surface area contributed by atoms with Crippen LogP contribution in [0.1, 0.15) is 10.4 Å². The van der Waals surface area contributed by atoms with E-state index in [0.29, 0.717) is 5.52 Å². The maximum Gasteiger partial charge on any atom is 0.340 e. The molecule has 0 radical (unpaired) electrons. The number of benzene rings is 2. The molecule has 0 unspecified atom stereocenters. The molecular weight excluding hydrogens is 384 g/mol. The van der Waals surface area contributed by atoms with E-state index >= 15 is 0 Å². The molecule has 9 heteroatoms. The third kappa shape index (κ3) is 5.10. The Labute approximate surface area is 163 Å². The Kier molecular flexibility index (Phi) is 6.08. The van der Waals surface area contributed by atoms with Crippen LogP contribution in [0.25, 0.3) is 10.9 Å². The van der Waals surface area contributed by atoms with Crippen LogP contribution in [-0.4, -0.2) is 35.9 Å². The van der Waals surface area contributed by atoms with Gasteiger partial charge in [-0.2, -0.15) is 0 Å². The largest absolute Gasteiger partial charge is 0.452 e. The lowest BCUT2D eigenvalue weighted by molar-refractivity contribution is -0.126. The number of carbonyl (C=O) groups is 3. The highest BCUT2D eigenvalue weighted by Gasteiger charge is 2.15. The second-order valence-corrected chi connectivity index (χ2v) is 5.91. The Morgan fingerprint density at radius 3 is 2.55 bits per heavy atom. The zero-order valence-corrected chi connectivity index (χ0v) is 14.9. The summed E-state index contributed by atoms with van der Waals surface area (Å²) in [6.45, 7) is -1.04. The van der Waals surface area contributed by atoms with Crippen molar-refractivity contribution in [2.24, 2.45) is 0 Å². The number of amides is 2. The molecule has 0 aliphatic carbocycles. The molecule has 3 aromatic rings. The van der Waals surface area contributed by atoms with Crippen LogP contribution in [-0.2, 0) is 14.3 Å². The molecule has 2 amide bonds. The van der Waals surface area contributed by atoms with E-state index in [1.807, 2.05) is 0 Å². The SMILES string of the molecule is O=C(COC(=O)c1cccc2cccnc12)NCC(=O)Nc1ccc(F)c(F)c1. The maximum atomic E-state index is 13.1. The van der Waals surface area contributed by atoms with Crippen molar-refractivity contribution in [1.29, 1.82) is 0 Å². The van der Waals surface area contributed by atoms with Gasteiger partial charge in [0.25, 0.3) is 5.91 Å². The summed E-state index contributed by atoms with van der Waals surface area (Å²) in [6.07, 6.45) is 1.54. The van der Waals surface area contributed by atoms with Gasteiger partial charge in [-0.15, -0.1) is 0 Å². The van der Waals surface area contributed by atoms with Crippen LogP contribution in [0.5, 0.6) is 0 Å². The van der Waals surface area contributed by atoms with Gasteiger partial charge in [-0.3, -0.25) is 14.6 Å². The van der Waals surface area contributed by atoms with Crippen LogP contribution in [0, 0.1) is 11.6 Å². The molecule has 2 aromatic carbocycles. The van der Waals surface area contributed by atoms with E-state index in [9.17, 15) is 23.2 Å². The van der Waals surface area contributed by atoms with E-state index in [-0.39, 0.29) is 11.3 Å². The number of pyridine rings is 1. The number of hydrogen-bond acceptors (Lipinski definition) is 5. The molecule has 0 spiro atoms.